The van der Waals surface area contributed by atoms with E-state index in [4.69, 9.17) is 9.15 Å². The second-order valence-electron chi connectivity index (χ2n) is 7.81. The molecule has 0 unspecified atom stereocenters. The first kappa shape index (κ1) is 21.0. The third kappa shape index (κ3) is 3.57. The van der Waals surface area contributed by atoms with Gasteiger partial charge in [-0.3, -0.25) is 4.79 Å². The van der Waals surface area contributed by atoms with Crippen molar-refractivity contribution < 1.29 is 22.4 Å². The van der Waals surface area contributed by atoms with E-state index in [1.807, 2.05) is 45.0 Å². The number of hydrogen-bond acceptors (Lipinski definition) is 5. The third-order valence-corrected chi connectivity index (χ3v) is 6.06. The molecule has 0 aliphatic heterocycles. The average Bonchev–Trinajstić information content (AvgIpc) is 3.29. The number of aryl methyl sites for hydroxylation is 1. The van der Waals surface area contributed by atoms with Gasteiger partial charge in [0.1, 0.15) is 22.6 Å². The van der Waals surface area contributed by atoms with Crippen LogP contribution in [0.3, 0.4) is 0 Å². The molecule has 0 radical (unpaired) electrons. The Morgan fingerprint density at radius 3 is 2.39 bits per heavy atom. The van der Waals surface area contributed by atoms with Gasteiger partial charge in [-0.1, -0.05) is 29.8 Å². The molecule has 2 aromatic heterocycles. The number of nitrogens with zero attached hydrogens (tertiary/aromatic N) is 1. The number of carbonyl (C=O) groups is 1. The quantitative estimate of drug-likeness (QED) is 0.499. The molecule has 31 heavy (non-hydrogen) atoms. The van der Waals surface area contributed by atoms with Crippen molar-refractivity contribution in [3.8, 4) is 17.1 Å². The number of fused-ring (bicyclic) bond motifs is 3. The van der Waals surface area contributed by atoms with Crippen LogP contribution in [0.5, 0.6) is 5.75 Å². The van der Waals surface area contributed by atoms with E-state index < -0.39 is 10.0 Å². The number of nitrogens with one attached hydrogen (secondary N) is 1. The SMILES string of the molecule is CNC(=O)c1c(-c2ccc(C)cc2)oc2c1cc(OC(C)C)c1c2ccn1S(C)(=O)=O. The van der Waals surface area contributed by atoms with Crippen molar-refractivity contribution in [2.24, 2.45) is 0 Å². The summed E-state index contributed by atoms with van der Waals surface area (Å²) in [4.78, 5) is 12.9. The highest BCUT2D eigenvalue weighted by atomic mass is 32.2. The molecule has 0 bridgehead atoms. The van der Waals surface area contributed by atoms with Gasteiger partial charge >= 0.3 is 0 Å². The second-order valence-corrected chi connectivity index (χ2v) is 9.67. The Kier molecular flexibility index (Phi) is 5.05. The molecule has 7 nitrogen and oxygen atoms in total. The molecule has 0 saturated heterocycles. The minimum Gasteiger partial charge on any atom is -0.489 e. The van der Waals surface area contributed by atoms with E-state index in [1.54, 1.807) is 19.2 Å². The lowest BCUT2D eigenvalue weighted by Crippen LogP contribution is -2.18. The zero-order valence-electron chi connectivity index (χ0n) is 18.0. The Hall–Kier alpha value is -3.26. The monoisotopic (exact) mass is 440 g/mol. The van der Waals surface area contributed by atoms with Gasteiger partial charge < -0.3 is 14.5 Å². The van der Waals surface area contributed by atoms with E-state index in [2.05, 4.69) is 5.32 Å². The van der Waals surface area contributed by atoms with Gasteiger partial charge in [0.25, 0.3) is 5.91 Å². The molecule has 0 saturated carbocycles. The van der Waals surface area contributed by atoms with Crippen molar-refractivity contribution in [3.05, 3.63) is 53.7 Å². The first-order chi connectivity index (χ1) is 14.6. The molecule has 0 atom stereocenters. The van der Waals surface area contributed by atoms with E-state index in [0.717, 1.165) is 17.4 Å². The summed E-state index contributed by atoms with van der Waals surface area (Å²) in [5.74, 6) is 0.491. The summed E-state index contributed by atoms with van der Waals surface area (Å²) < 4.78 is 38.1. The first-order valence-corrected chi connectivity index (χ1v) is 11.7. The molecule has 0 spiro atoms. The average molecular weight is 441 g/mol. The minimum atomic E-state index is -3.58. The summed E-state index contributed by atoms with van der Waals surface area (Å²) in [6, 6.07) is 11.0. The fourth-order valence-corrected chi connectivity index (χ4v) is 4.50. The molecule has 0 aliphatic carbocycles. The molecule has 0 aliphatic rings. The lowest BCUT2D eigenvalue weighted by molar-refractivity contribution is 0.0964. The molecule has 0 fully saturated rings. The molecule has 1 N–H and O–H groups in total. The smallest absolute Gasteiger partial charge is 0.255 e. The minimum absolute atomic E-state index is 0.199. The van der Waals surface area contributed by atoms with Crippen LogP contribution in [-0.2, 0) is 10.0 Å². The van der Waals surface area contributed by atoms with Crippen molar-refractivity contribution in [1.82, 2.24) is 9.29 Å². The highest BCUT2D eigenvalue weighted by Crippen LogP contribution is 2.42. The maximum atomic E-state index is 12.9. The molecular formula is C23H24N2O5S. The van der Waals surface area contributed by atoms with Crippen LogP contribution < -0.4 is 10.1 Å². The second kappa shape index (κ2) is 7.46. The van der Waals surface area contributed by atoms with Gasteiger partial charge in [-0.2, -0.15) is 0 Å². The normalized spacial score (nSPS) is 12.1. The van der Waals surface area contributed by atoms with Gasteiger partial charge in [-0.05, 0) is 32.9 Å². The van der Waals surface area contributed by atoms with Crippen molar-refractivity contribution in [2.45, 2.75) is 26.9 Å². The topological polar surface area (TPSA) is 90.5 Å². The Morgan fingerprint density at radius 1 is 1.13 bits per heavy atom. The first-order valence-electron chi connectivity index (χ1n) is 9.88. The summed E-state index contributed by atoms with van der Waals surface area (Å²) in [6.07, 6.45) is 2.40. The van der Waals surface area contributed by atoms with Crippen LogP contribution in [0, 0.1) is 6.92 Å². The number of hydrogen-bond donors (Lipinski definition) is 1. The summed E-state index contributed by atoms with van der Waals surface area (Å²) in [5.41, 5.74) is 3.03. The molecule has 8 heteroatoms. The van der Waals surface area contributed by atoms with Crippen LogP contribution in [0.1, 0.15) is 29.8 Å². The van der Waals surface area contributed by atoms with E-state index >= 15 is 0 Å². The van der Waals surface area contributed by atoms with E-state index in [1.165, 1.54) is 10.2 Å². The lowest BCUT2D eigenvalue weighted by atomic mass is 10.0. The molecule has 2 heterocycles. The van der Waals surface area contributed by atoms with Crippen LogP contribution in [0.2, 0.25) is 0 Å². The van der Waals surface area contributed by atoms with Gasteiger partial charge in [0.2, 0.25) is 10.0 Å². The predicted octanol–water partition coefficient (Wildman–Crippen LogP) is 4.32. The number of ether oxygens (including phenoxy) is 1. The van der Waals surface area contributed by atoms with Crippen molar-refractivity contribution in [2.75, 3.05) is 13.3 Å². The number of aromatic nitrogens is 1. The Bertz CT molecular complexity index is 1410. The van der Waals surface area contributed by atoms with E-state index in [9.17, 15) is 13.2 Å². The highest BCUT2D eigenvalue weighted by molar-refractivity contribution is 7.89. The van der Waals surface area contributed by atoms with Gasteiger partial charge in [-0.25, -0.2) is 12.4 Å². The summed E-state index contributed by atoms with van der Waals surface area (Å²) in [5, 5.41) is 3.80. The maximum absolute atomic E-state index is 12.9. The van der Waals surface area contributed by atoms with Crippen LogP contribution >= 0.6 is 0 Å². The van der Waals surface area contributed by atoms with Crippen molar-refractivity contribution in [1.29, 1.82) is 0 Å². The lowest BCUT2D eigenvalue weighted by Gasteiger charge is -2.13. The molecule has 1 amide bonds. The Morgan fingerprint density at radius 2 is 1.81 bits per heavy atom. The molecule has 4 aromatic rings. The number of rotatable bonds is 5. The predicted molar refractivity (Wildman–Crippen MR) is 121 cm³/mol. The summed E-state index contributed by atoms with van der Waals surface area (Å²) >= 11 is 0. The van der Waals surface area contributed by atoms with Crippen LogP contribution in [0.15, 0.2) is 47.0 Å². The molecule has 2 aromatic carbocycles. The molecule has 162 valence electrons. The van der Waals surface area contributed by atoms with Crippen LogP contribution in [0.25, 0.3) is 33.2 Å². The van der Waals surface area contributed by atoms with Gasteiger partial charge in [0, 0.05) is 29.6 Å². The Balaban J connectivity index is 2.15. The third-order valence-electron chi connectivity index (χ3n) is 5.04. The van der Waals surface area contributed by atoms with Gasteiger partial charge in [0.05, 0.1) is 17.9 Å². The van der Waals surface area contributed by atoms with Gasteiger partial charge in [0.15, 0.2) is 0 Å². The highest BCUT2D eigenvalue weighted by Gasteiger charge is 2.27. The zero-order valence-corrected chi connectivity index (χ0v) is 18.8. The molecule has 4 rings (SSSR count). The Labute approximate surface area is 180 Å². The number of benzene rings is 2. The largest absolute Gasteiger partial charge is 0.489 e. The summed E-state index contributed by atoms with van der Waals surface area (Å²) in [7, 11) is -2.02. The summed E-state index contributed by atoms with van der Waals surface area (Å²) in [6.45, 7) is 5.70. The number of amides is 1. The van der Waals surface area contributed by atoms with Crippen molar-refractivity contribution in [3.63, 3.8) is 0 Å². The molecular weight excluding hydrogens is 416 g/mol. The fourth-order valence-electron chi connectivity index (χ4n) is 3.70. The number of carbonyl (C=O) groups excluding carboxylic acids is 1. The van der Waals surface area contributed by atoms with Crippen molar-refractivity contribution >= 4 is 37.8 Å². The number of furan rings is 1. The fraction of sp³-hybridized carbons (Fsp3) is 0.261. The van der Waals surface area contributed by atoms with Crippen LogP contribution in [0.4, 0.5) is 0 Å². The van der Waals surface area contributed by atoms with E-state index in [-0.39, 0.29) is 12.0 Å². The zero-order chi connectivity index (χ0) is 22.5. The van der Waals surface area contributed by atoms with E-state index in [0.29, 0.717) is 38.9 Å². The van der Waals surface area contributed by atoms with Gasteiger partial charge in [-0.15, -0.1) is 0 Å². The maximum Gasteiger partial charge on any atom is 0.255 e. The standard InChI is InChI=1S/C23H24N2O5S/c1-13(2)29-18-12-17-19(23(26)24-4)21(15-8-6-14(3)7-9-15)30-22(17)16-10-11-25(20(16)18)31(5,27)28/h6-13H,1-5H3,(H,24,26). The van der Waals surface area contributed by atoms with Crippen LogP contribution in [-0.4, -0.2) is 37.7 Å².